The van der Waals surface area contributed by atoms with Crippen LogP contribution in [-0.4, -0.2) is 14.9 Å². The third kappa shape index (κ3) is 2.59. The van der Waals surface area contributed by atoms with Gasteiger partial charge in [0.05, 0.1) is 11.8 Å². The van der Waals surface area contributed by atoms with Gasteiger partial charge in [-0.2, -0.15) is 5.10 Å². The molecule has 0 bridgehead atoms. The van der Waals surface area contributed by atoms with E-state index < -0.39 is 0 Å². The first-order chi connectivity index (χ1) is 6.97. The summed E-state index contributed by atoms with van der Waals surface area (Å²) in [7, 11) is 0. The molecule has 0 spiro atoms. The number of aromatic nitrogens is 2. The fourth-order valence-electron chi connectivity index (χ4n) is 1.92. The minimum absolute atomic E-state index is 0.370. The van der Waals surface area contributed by atoms with Gasteiger partial charge in [0.15, 0.2) is 0 Å². The van der Waals surface area contributed by atoms with Crippen LogP contribution in [0.3, 0.4) is 0 Å². The first-order valence-electron chi connectivity index (χ1n) is 5.69. The molecule has 0 saturated heterocycles. The van der Waals surface area contributed by atoms with Crippen LogP contribution >= 0.6 is 0 Å². The SMILES string of the molecule is CCC(O)c1c(C)nn(CC(C)C)c1C. The highest BCUT2D eigenvalue weighted by molar-refractivity contribution is 5.26. The Kier molecular flexibility index (Phi) is 3.91. The van der Waals surface area contributed by atoms with Crippen molar-refractivity contribution in [3.8, 4) is 0 Å². The molecule has 0 amide bonds. The summed E-state index contributed by atoms with van der Waals surface area (Å²) in [4.78, 5) is 0. The molecule has 0 aromatic carbocycles. The first kappa shape index (κ1) is 12.2. The van der Waals surface area contributed by atoms with Gasteiger partial charge in [0.2, 0.25) is 0 Å². The van der Waals surface area contributed by atoms with Crippen LogP contribution in [0, 0.1) is 19.8 Å². The van der Waals surface area contributed by atoms with Gasteiger partial charge in [-0.25, -0.2) is 0 Å². The molecule has 0 aliphatic carbocycles. The third-order valence-corrected chi connectivity index (χ3v) is 2.70. The zero-order valence-electron chi connectivity index (χ0n) is 10.4. The van der Waals surface area contributed by atoms with E-state index in [1.54, 1.807) is 0 Å². The number of aliphatic hydroxyl groups is 1. The Labute approximate surface area is 92.1 Å². The largest absolute Gasteiger partial charge is 0.388 e. The number of aryl methyl sites for hydroxylation is 1. The lowest BCUT2D eigenvalue weighted by molar-refractivity contribution is 0.172. The molecule has 1 atom stereocenters. The zero-order valence-corrected chi connectivity index (χ0v) is 10.4. The second-order valence-corrected chi connectivity index (χ2v) is 4.58. The second-order valence-electron chi connectivity index (χ2n) is 4.58. The van der Waals surface area contributed by atoms with Crippen LogP contribution in [0.2, 0.25) is 0 Å². The van der Waals surface area contributed by atoms with E-state index in [2.05, 4.69) is 18.9 Å². The number of aliphatic hydroxyl groups excluding tert-OH is 1. The lowest BCUT2D eigenvalue weighted by Gasteiger charge is -2.10. The predicted molar refractivity (Wildman–Crippen MR) is 61.8 cm³/mol. The highest BCUT2D eigenvalue weighted by Crippen LogP contribution is 2.24. The van der Waals surface area contributed by atoms with Crippen molar-refractivity contribution in [2.75, 3.05) is 0 Å². The summed E-state index contributed by atoms with van der Waals surface area (Å²) in [5.74, 6) is 0.578. The average molecular weight is 210 g/mol. The molecular formula is C12H22N2O. The number of hydrogen-bond donors (Lipinski definition) is 1. The van der Waals surface area contributed by atoms with Gasteiger partial charge < -0.3 is 5.11 Å². The Balaban J connectivity index is 3.03. The lowest BCUT2D eigenvalue weighted by Crippen LogP contribution is -2.08. The van der Waals surface area contributed by atoms with Crippen molar-refractivity contribution in [2.24, 2.45) is 5.92 Å². The van der Waals surface area contributed by atoms with Crippen molar-refractivity contribution in [3.05, 3.63) is 17.0 Å². The summed E-state index contributed by atoms with van der Waals surface area (Å²) in [6, 6.07) is 0. The summed E-state index contributed by atoms with van der Waals surface area (Å²) < 4.78 is 2.01. The molecule has 1 rings (SSSR count). The summed E-state index contributed by atoms with van der Waals surface area (Å²) >= 11 is 0. The second kappa shape index (κ2) is 4.79. The van der Waals surface area contributed by atoms with E-state index in [4.69, 9.17) is 0 Å². The molecule has 3 heteroatoms. The maximum atomic E-state index is 9.89. The normalized spacial score (nSPS) is 13.5. The highest BCUT2D eigenvalue weighted by atomic mass is 16.3. The molecule has 0 aliphatic heterocycles. The van der Waals surface area contributed by atoms with Gasteiger partial charge in [-0.05, 0) is 26.2 Å². The standard InChI is InChI=1S/C12H22N2O/c1-6-11(15)12-9(4)13-14(10(12)5)7-8(2)3/h8,11,15H,6-7H2,1-5H3. The molecule has 1 aromatic rings. The predicted octanol–water partition coefficient (Wildman–Crippen LogP) is 2.60. The summed E-state index contributed by atoms with van der Waals surface area (Å²) in [6.45, 7) is 11.3. The van der Waals surface area contributed by atoms with E-state index in [0.717, 1.165) is 29.9 Å². The molecule has 1 unspecified atom stereocenters. The third-order valence-electron chi connectivity index (χ3n) is 2.70. The lowest BCUT2D eigenvalue weighted by atomic mass is 10.1. The first-order valence-corrected chi connectivity index (χ1v) is 5.69. The van der Waals surface area contributed by atoms with Crippen molar-refractivity contribution in [1.82, 2.24) is 9.78 Å². The molecular weight excluding hydrogens is 188 g/mol. The molecule has 15 heavy (non-hydrogen) atoms. The fourth-order valence-corrected chi connectivity index (χ4v) is 1.92. The molecule has 1 aromatic heterocycles. The average Bonchev–Trinajstić information content (AvgIpc) is 2.40. The molecule has 0 radical (unpaired) electrons. The zero-order chi connectivity index (χ0) is 11.6. The van der Waals surface area contributed by atoms with Crippen molar-refractivity contribution in [1.29, 1.82) is 0 Å². The van der Waals surface area contributed by atoms with Gasteiger partial charge in [0, 0.05) is 17.8 Å². The molecule has 1 heterocycles. The maximum Gasteiger partial charge on any atom is 0.0823 e. The fraction of sp³-hybridized carbons (Fsp3) is 0.750. The molecule has 1 N–H and O–H groups in total. The molecule has 86 valence electrons. The van der Waals surface area contributed by atoms with Gasteiger partial charge in [-0.1, -0.05) is 20.8 Å². The number of rotatable bonds is 4. The van der Waals surface area contributed by atoms with E-state index >= 15 is 0 Å². The van der Waals surface area contributed by atoms with Gasteiger partial charge in [0.25, 0.3) is 0 Å². The van der Waals surface area contributed by atoms with E-state index in [0.29, 0.717) is 5.92 Å². The van der Waals surface area contributed by atoms with Gasteiger partial charge in [-0.15, -0.1) is 0 Å². The highest BCUT2D eigenvalue weighted by Gasteiger charge is 2.17. The topological polar surface area (TPSA) is 38.1 Å². The summed E-state index contributed by atoms with van der Waals surface area (Å²) in [5, 5.41) is 14.4. The molecule has 0 fully saturated rings. The monoisotopic (exact) mass is 210 g/mol. The summed E-state index contributed by atoms with van der Waals surface area (Å²) in [5.41, 5.74) is 3.08. The van der Waals surface area contributed by atoms with E-state index in [1.165, 1.54) is 0 Å². The molecule has 0 aliphatic rings. The van der Waals surface area contributed by atoms with Crippen LogP contribution in [0.4, 0.5) is 0 Å². The van der Waals surface area contributed by atoms with Gasteiger partial charge >= 0.3 is 0 Å². The van der Waals surface area contributed by atoms with Crippen LogP contribution in [0.15, 0.2) is 0 Å². The van der Waals surface area contributed by atoms with E-state index in [9.17, 15) is 5.11 Å². The minimum Gasteiger partial charge on any atom is -0.388 e. The van der Waals surface area contributed by atoms with Crippen LogP contribution < -0.4 is 0 Å². The van der Waals surface area contributed by atoms with Crippen molar-refractivity contribution < 1.29 is 5.11 Å². The Morgan fingerprint density at radius 3 is 2.40 bits per heavy atom. The van der Waals surface area contributed by atoms with E-state index in [-0.39, 0.29) is 6.10 Å². The number of nitrogens with zero attached hydrogens (tertiary/aromatic N) is 2. The maximum absolute atomic E-state index is 9.89. The smallest absolute Gasteiger partial charge is 0.0823 e. The quantitative estimate of drug-likeness (QED) is 0.829. The minimum atomic E-state index is -0.370. The molecule has 0 saturated carbocycles. The van der Waals surface area contributed by atoms with Crippen molar-refractivity contribution >= 4 is 0 Å². The van der Waals surface area contributed by atoms with Crippen LogP contribution in [0.1, 0.15) is 50.2 Å². The number of hydrogen-bond acceptors (Lipinski definition) is 2. The van der Waals surface area contributed by atoms with Gasteiger partial charge in [-0.3, -0.25) is 4.68 Å². The van der Waals surface area contributed by atoms with Crippen LogP contribution in [-0.2, 0) is 6.54 Å². The summed E-state index contributed by atoms with van der Waals surface area (Å²) in [6.07, 6.45) is 0.376. The van der Waals surface area contributed by atoms with Crippen molar-refractivity contribution in [2.45, 2.75) is 53.7 Å². The van der Waals surface area contributed by atoms with Crippen LogP contribution in [0.25, 0.3) is 0 Å². The van der Waals surface area contributed by atoms with Crippen LogP contribution in [0.5, 0.6) is 0 Å². The van der Waals surface area contributed by atoms with Crippen molar-refractivity contribution in [3.63, 3.8) is 0 Å². The Morgan fingerprint density at radius 1 is 1.33 bits per heavy atom. The van der Waals surface area contributed by atoms with Gasteiger partial charge in [0.1, 0.15) is 0 Å². The Morgan fingerprint density at radius 2 is 1.93 bits per heavy atom. The Bertz CT molecular complexity index is 329. The molecule has 3 nitrogen and oxygen atoms in total. The Hall–Kier alpha value is -0.830. The van der Waals surface area contributed by atoms with E-state index in [1.807, 2.05) is 25.5 Å².